The van der Waals surface area contributed by atoms with Crippen LogP contribution in [0.3, 0.4) is 0 Å². The van der Waals surface area contributed by atoms with Crippen molar-refractivity contribution in [1.29, 1.82) is 0 Å². The lowest BCUT2D eigenvalue weighted by Gasteiger charge is -2.15. The second-order valence-electron chi connectivity index (χ2n) is 3.85. The molecule has 0 fully saturated rings. The fraction of sp³-hybridized carbons (Fsp3) is 0.667. The van der Waals surface area contributed by atoms with Crippen molar-refractivity contribution in [3.05, 3.63) is 11.6 Å². The standard InChI is InChI=1S/C12H18O/c1-12(2,13-3)10-9-11-7-5-4-6-8-11/h7H,4-6,8H2,1-3H3/i3D2. The third-order valence-corrected chi connectivity index (χ3v) is 2.11. The van der Waals surface area contributed by atoms with Crippen LogP contribution in [0.5, 0.6) is 0 Å². The molecule has 1 nitrogen and oxygen atoms in total. The maximum atomic E-state index is 7.02. The normalized spacial score (nSPS) is 19.8. The molecule has 0 atom stereocenters. The first-order valence-electron chi connectivity index (χ1n) is 5.90. The molecule has 13 heavy (non-hydrogen) atoms. The van der Waals surface area contributed by atoms with E-state index in [1.54, 1.807) is 13.8 Å². The quantitative estimate of drug-likeness (QED) is 0.564. The van der Waals surface area contributed by atoms with Crippen molar-refractivity contribution in [2.45, 2.75) is 45.1 Å². The van der Waals surface area contributed by atoms with Gasteiger partial charge in [0.05, 0.1) is 2.74 Å². The minimum Gasteiger partial charge on any atom is -0.366 e. The van der Waals surface area contributed by atoms with Crippen LogP contribution in [0.15, 0.2) is 11.6 Å². The van der Waals surface area contributed by atoms with E-state index in [4.69, 9.17) is 7.48 Å². The van der Waals surface area contributed by atoms with Crippen LogP contribution >= 0.6 is 0 Å². The first kappa shape index (κ1) is 7.64. The van der Waals surface area contributed by atoms with Crippen LogP contribution in [-0.4, -0.2) is 12.7 Å². The molecule has 1 aliphatic carbocycles. The summed E-state index contributed by atoms with van der Waals surface area (Å²) in [6, 6.07) is 0. The zero-order valence-electron chi connectivity index (χ0n) is 10.4. The molecule has 0 aromatic carbocycles. The second-order valence-corrected chi connectivity index (χ2v) is 3.85. The molecule has 0 unspecified atom stereocenters. The third-order valence-electron chi connectivity index (χ3n) is 2.11. The predicted octanol–water partition coefficient (Wildman–Crippen LogP) is 2.92. The van der Waals surface area contributed by atoms with Crippen molar-refractivity contribution < 1.29 is 7.48 Å². The molecule has 0 N–H and O–H groups in total. The minimum atomic E-state index is -1.27. The van der Waals surface area contributed by atoms with E-state index in [1.807, 2.05) is 0 Å². The van der Waals surface area contributed by atoms with Gasteiger partial charge < -0.3 is 4.74 Å². The van der Waals surface area contributed by atoms with E-state index in [0.717, 1.165) is 12.8 Å². The highest BCUT2D eigenvalue weighted by Crippen LogP contribution is 2.16. The molecular weight excluding hydrogens is 160 g/mol. The Hall–Kier alpha value is -0.740. The summed E-state index contributed by atoms with van der Waals surface area (Å²) in [5.41, 5.74) is 0.469. The van der Waals surface area contributed by atoms with Gasteiger partial charge >= 0.3 is 0 Å². The number of ether oxygens (including phenoxy) is 1. The van der Waals surface area contributed by atoms with Gasteiger partial charge in [-0.15, -0.1) is 0 Å². The fourth-order valence-electron chi connectivity index (χ4n) is 1.21. The fourth-order valence-corrected chi connectivity index (χ4v) is 1.21. The number of methoxy groups -OCH3 is 1. The lowest BCUT2D eigenvalue weighted by atomic mass is 9.99. The zero-order chi connectivity index (χ0) is 11.3. The summed E-state index contributed by atoms with van der Waals surface area (Å²) in [6.07, 6.45) is 6.80. The van der Waals surface area contributed by atoms with Crippen molar-refractivity contribution in [2.75, 3.05) is 7.06 Å². The molecule has 0 radical (unpaired) electrons. The lowest BCUT2D eigenvalue weighted by Crippen LogP contribution is -2.19. The average Bonchev–Trinajstić information content (AvgIpc) is 2.15. The van der Waals surface area contributed by atoms with E-state index in [2.05, 4.69) is 17.9 Å². The van der Waals surface area contributed by atoms with Crippen molar-refractivity contribution in [1.82, 2.24) is 0 Å². The smallest absolute Gasteiger partial charge is 0.123 e. The average molecular weight is 180 g/mol. The Morgan fingerprint density at radius 2 is 2.38 bits per heavy atom. The molecule has 72 valence electrons. The summed E-state index contributed by atoms with van der Waals surface area (Å²) in [4.78, 5) is 0. The maximum absolute atomic E-state index is 7.02. The van der Waals surface area contributed by atoms with Crippen LogP contribution in [0.2, 0.25) is 0 Å². The Morgan fingerprint density at radius 3 is 3.00 bits per heavy atom. The lowest BCUT2D eigenvalue weighted by molar-refractivity contribution is 0.0741. The highest BCUT2D eigenvalue weighted by molar-refractivity contribution is 5.32. The van der Waals surface area contributed by atoms with Gasteiger partial charge in [-0.1, -0.05) is 17.9 Å². The molecule has 0 heterocycles. The Balaban J connectivity index is 2.58. The molecule has 0 saturated heterocycles. The molecular formula is C12H18O. The number of hydrogen-bond acceptors (Lipinski definition) is 1. The van der Waals surface area contributed by atoms with Gasteiger partial charge in [0.15, 0.2) is 0 Å². The monoisotopic (exact) mass is 180 g/mol. The summed E-state index contributed by atoms with van der Waals surface area (Å²) in [7, 11) is -1.27. The Kier molecular flexibility index (Phi) is 2.64. The van der Waals surface area contributed by atoms with E-state index >= 15 is 0 Å². The predicted molar refractivity (Wildman–Crippen MR) is 55.4 cm³/mol. The van der Waals surface area contributed by atoms with Crippen molar-refractivity contribution in [2.24, 2.45) is 0 Å². The van der Waals surface area contributed by atoms with Crippen molar-refractivity contribution in [3.8, 4) is 11.8 Å². The van der Waals surface area contributed by atoms with E-state index in [0.29, 0.717) is 0 Å². The maximum Gasteiger partial charge on any atom is 0.123 e. The number of allylic oxidation sites excluding steroid dienone is 2. The third kappa shape index (κ3) is 3.65. The van der Waals surface area contributed by atoms with Gasteiger partial charge in [-0.2, -0.15) is 0 Å². The molecule has 0 amide bonds. The summed E-state index contributed by atoms with van der Waals surface area (Å²) in [5, 5.41) is 0. The first-order chi connectivity index (χ1) is 6.99. The Morgan fingerprint density at radius 1 is 1.54 bits per heavy atom. The van der Waals surface area contributed by atoms with Crippen molar-refractivity contribution >= 4 is 0 Å². The largest absolute Gasteiger partial charge is 0.366 e. The van der Waals surface area contributed by atoms with E-state index < -0.39 is 12.7 Å². The van der Waals surface area contributed by atoms with Crippen LogP contribution in [0.1, 0.15) is 42.3 Å². The summed E-state index contributed by atoms with van der Waals surface area (Å²) < 4.78 is 19.1. The molecule has 1 rings (SSSR count). The van der Waals surface area contributed by atoms with Crippen LogP contribution in [0, 0.1) is 11.8 Å². The van der Waals surface area contributed by atoms with Crippen LogP contribution in [0.4, 0.5) is 0 Å². The molecule has 1 aliphatic rings. The molecule has 0 bridgehead atoms. The van der Waals surface area contributed by atoms with Gasteiger partial charge in [0, 0.05) is 7.06 Å². The van der Waals surface area contributed by atoms with Gasteiger partial charge in [0.2, 0.25) is 0 Å². The van der Waals surface area contributed by atoms with E-state index in [-0.39, 0.29) is 0 Å². The second kappa shape index (κ2) is 4.48. The van der Waals surface area contributed by atoms with Crippen LogP contribution < -0.4 is 0 Å². The van der Waals surface area contributed by atoms with E-state index in [9.17, 15) is 0 Å². The molecule has 0 saturated carbocycles. The van der Waals surface area contributed by atoms with Gasteiger partial charge in [0.25, 0.3) is 0 Å². The SMILES string of the molecule is [2H]C([2H])OC(C)(C)C#CC1=CCCCC1. The topological polar surface area (TPSA) is 9.23 Å². The van der Waals surface area contributed by atoms with Gasteiger partial charge in [-0.25, -0.2) is 0 Å². The molecule has 0 aliphatic heterocycles. The number of rotatable bonds is 1. The van der Waals surface area contributed by atoms with Crippen LogP contribution in [-0.2, 0) is 4.74 Å². The first-order valence-corrected chi connectivity index (χ1v) is 4.74. The van der Waals surface area contributed by atoms with Crippen molar-refractivity contribution in [3.63, 3.8) is 0 Å². The summed E-state index contributed by atoms with van der Waals surface area (Å²) >= 11 is 0. The summed E-state index contributed by atoms with van der Waals surface area (Å²) in [6.45, 7) is 3.58. The van der Waals surface area contributed by atoms with Gasteiger partial charge in [-0.3, -0.25) is 0 Å². The molecule has 0 spiro atoms. The Labute approximate surface area is 84.0 Å². The van der Waals surface area contributed by atoms with E-state index in [1.165, 1.54) is 18.4 Å². The molecule has 1 heteroatoms. The highest BCUT2D eigenvalue weighted by Gasteiger charge is 2.11. The summed E-state index contributed by atoms with van der Waals surface area (Å²) in [5.74, 6) is 6.07. The zero-order valence-corrected chi connectivity index (χ0v) is 8.39. The Bertz CT molecular complexity index is 294. The van der Waals surface area contributed by atoms with Crippen LogP contribution in [0.25, 0.3) is 0 Å². The van der Waals surface area contributed by atoms with Gasteiger partial charge in [-0.05, 0) is 45.1 Å². The number of hydrogen-bond donors (Lipinski definition) is 0. The molecule has 0 aromatic heterocycles. The minimum absolute atomic E-state index is 0.702. The highest BCUT2D eigenvalue weighted by atomic mass is 16.5. The molecule has 0 aromatic rings. The van der Waals surface area contributed by atoms with Gasteiger partial charge in [0.1, 0.15) is 5.60 Å².